The van der Waals surface area contributed by atoms with Crippen LogP contribution in [-0.2, 0) is 0 Å². The molecule has 1 aromatic heterocycles. The van der Waals surface area contributed by atoms with Gasteiger partial charge in [-0.05, 0) is 42.8 Å². The number of hydrogen-bond acceptors (Lipinski definition) is 2. The van der Waals surface area contributed by atoms with Crippen molar-refractivity contribution < 1.29 is 4.39 Å². The lowest BCUT2D eigenvalue weighted by Crippen LogP contribution is -2.10. The molecule has 0 spiro atoms. The molecule has 1 heterocycles. The summed E-state index contributed by atoms with van der Waals surface area (Å²) in [6.07, 6.45) is 1.74. The highest BCUT2D eigenvalue weighted by molar-refractivity contribution is 5.77. The molecule has 0 bridgehead atoms. The molecule has 0 aliphatic carbocycles. The van der Waals surface area contributed by atoms with Crippen LogP contribution in [0, 0.1) is 5.82 Å². The first-order valence-corrected chi connectivity index (χ1v) is 6.14. The van der Waals surface area contributed by atoms with Crippen LogP contribution < -0.4 is 5.73 Å². The molecule has 0 fully saturated rings. The van der Waals surface area contributed by atoms with Gasteiger partial charge in [0.1, 0.15) is 12.1 Å². The van der Waals surface area contributed by atoms with Gasteiger partial charge in [-0.15, -0.1) is 0 Å². The fraction of sp³-hybridized carbons (Fsp3) is 0.133. The van der Waals surface area contributed by atoms with Crippen LogP contribution in [0.1, 0.15) is 18.5 Å². The minimum Gasteiger partial charge on any atom is -0.324 e. The molecule has 1 atom stereocenters. The van der Waals surface area contributed by atoms with Crippen molar-refractivity contribution in [2.45, 2.75) is 13.0 Å². The fourth-order valence-electron chi connectivity index (χ4n) is 2.26. The summed E-state index contributed by atoms with van der Waals surface area (Å²) in [6, 6.07) is 12.2. The summed E-state index contributed by atoms with van der Waals surface area (Å²) >= 11 is 0. The first-order valence-electron chi connectivity index (χ1n) is 6.14. The van der Waals surface area contributed by atoms with Crippen molar-refractivity contribution in [1.82, 2.24) is 9.55 Å². The second-order valence-electron chi connectivity index (χ2n) is 4.60. The van der Waals surface area contributed by atoms with Crippen molar-refractivity contribution >= 4 is 11.0 Å². The molecular weight excluding hydrogens is 241 g/mol. The molecule has 19 heavy (non-hydrogen) atoms. The molecule has 3 aromatic rings. The normalized spacial score (nSPS) is 12.8. The second kappa shape index (κ2) is 4.48. The van der Waals surface area contributed by atoms with E-state index in [-0.39, 0.29) is 11.9 Å². The number of hydrogen-bond donors (Lipinski definition) is 1. The molecule has 3 rings (SSSR count). The van der Waals surface area contributed by atoms with Gasteiger partial charge in [-0.1, -0.05) is 12.1 Å². The van der Waals surface area contributed by atoms with E-state index >= 15 is 0 Å². The Bertz CT molecular complexity index is 731. The number of nitrogens with zero attached hydrogens (tertiary/aromatic N) is 2. The third kappa shape index (κ3) is 2.00. The van der Waals surface area contributed by atoms with Gasteiger partial charge >= 0.3 is 0 Å². The summed E-state index contributed by atoms with van der Waals surface area (Å²) in [6.45, 7) is 1.84. The first-order chi connectivity index (χ1) is 9.16. The first kappa shape index (κ1) is 11.9. The summed E-state index contributed by atoms with van der Waals surface area (Å²) in [7, 11) is 0. The molecule has 4 heteroatoms. The van der Waals surface area contributed by atoms with E-state index < -0.39 is 0 Å². The van der Waals surface area contributed by atoms with Gasteiger partial charge in [-0.25, -0.2) is 9.37 Å². The summed E-state index contributed by atoms with van der Waals surface area (Å²) in [5, 5.41) is 0. The molecule has 0 amide bonds. The number of para-hydroxylation sites is 2. The van der Waals surface area contributed by atoms with E-state index in [1.807, 2.05) is 35.8 Å². The lowest BCUT2D eigenvalue weighted by atomic mass is 10.1. The summed E-state index contributed by atoms with van der Waals surface area (Å²) in [4.78, 5) is 4.35. The Morgan fingerprint density at radius 2 is 2.00 bits per heavy atom. The van der Waals surface area contributed by atoms with Gasteiger partial charge in [0.05, 0.1) is 16.7 Å². The summed E-state index contributed by atoms with van der Waals surface area (Å²) in [5.74, 6) is -0.277. The van der Waals surface area contributed by atoms with Crippen LogP contribution in [0.25, 0.3) is 16.7 Å². The molecule has 0 aliphatic rings. The number of benzene rings is 2. The highest BCUT2D eigenvalue weighted by atomic mass is 19.1. The van der Waals surface area contributed by atoms with Gasteiger partial charge < -0.3 is 5.73 Å². The van der Waals surface area contributed by atoms with Crippen molar-refractivity contribution in [3.8, 4) is 5.69 Å². The van der Waals surface area contributed by atoms with Crippen LogP contribution in [0.5, 0.6) is 0 Å². The zero-order valence-corrected chi connectivity index (χ0v) is 10.5. The Hall–Kier alpha value is -2.20. The highest BCUT2D eigenvalue weighted by Gasteiger charge is 2.12. The van der Waals surface area contributed by atoms with Crippen LogP contribution in [0.15, 0.2) is 48.8 Å². The van der Waals surface area contributed by atoms with E-state index in [0.29, 0.717) is 0 Å². The van der Waals surface area contributed by atoms with Gasteiger partial charge in [-0.2, -0.15) is 0 Å². The Balaban J connectivity index is 2.27. The highest BCUT2D eigenvalue weighted by Crippen LogP contribution is 2.25. The van der Waals surface area contributed by atoms with Crippen LogP contribution in [-0.4, -0.2) is 9.55 Å². The smallest absolute Gasteiger partial charge is 0.123 e. The summed E-state index contributed by atoms with van der Waals surface area (Å²) in [5.41, 5.74) is 9.45. The van der Waals surface area contributed by atoms with E-state index in [0.717, 1.165) is 22.3 Å². The number of halogens is 1. The molecule has 0 aliphatic heterocycles. The van der Waals surface area contributed by atoms with E-state index in [1.165, 1.54) is 12.1 Å². The fourth-order valence-corrected chi connectivity index (χ4v) is 2.26. The predicted octanol–water partition coefficient (Wildman–Crippen LogP) is 3.18. The van der Waals surface area contributed by atoms with Crippen molar-refractivity contribution in [3.63, 3.8) is 0 Å². The van der Waals surface area contributed by atoms with Crippen LogP contribution in [0.2, 0.25) is 0 Å². The Morgan fingerprint density at radius 3 is 2.79 bits per heavy atom. The average molecular weight is 255 g/mol. The number of imidazole rings is 1. The lowest BCUT2D eigenvalue weighted by molar-refractivity contribution is 0.621. The van der Waals surface area contributed by atoms with E-state index in [2.05, 4.69) is 4.98 Å². The lowest BCUT2D eigenvalue weighted by Gasteiger charge is -2.14. The Labute approximate surface area is 110 Å². The number of rotatable bonds is 2. The topological polar surface area (TPSA) is 43.8 Å². The maximum atomic E-state index is 13.4. The maximum Gasteiger partial charge on any atom is 0.123 e. The number of aromatic nitrogens is 2. The molecule has 0 radical (unpaired) electrons. The van der Waals surface area contributed by atoms with E-state index in [1.54, 1.807) is 12.4 Å². The molecule has 2 N–H and O–H groups in total. The van der Waals surface area contributed by atoms with Gasteiger partial charge in [0.2, 0.25) is 0 Å². The van der Waals surface area contributed by atoms with E-state index in [4.69, 9.17) is 5.73 Å². The molecule has 1 unspecified atom stereocenters. The van der Waals surface area contributed by atoms with Gasteiger partial charge in [0.15, 0.2) is 0 Å². The van der Waals surface area contributed by atoms with Crippen LogP contribution in [0.3, 0.4) is 0 Å². The largest absolute Gasteiger partial charge is 0.324 e. The SMILES string of the molecule is CC(N)c1cc(F)ccc1-n1cnc2ccccc21. The van der Waals surface area contributed by atoms with Gasteiger partial charge in [0, 0.05) is 6.04 Å². The number of nitrogens with two attached hydrogens (primary N) is 1. The molecule has 3 nitrogen and oxygen atoms in total. The van der Waals surface area contributed by atoms with Crippen molar-refractivity contribution in [3.05, 3.63) is 60.2 Å². The van der Waals surface area contributed by atoms with Crippen LogP contribution in [0.4, 0.5) is 4.39 Å². The molecule has 0 saturated heterocycles. The Morgan fingerprint density at radius 1 is 1.21 bits per heavy atom. The third-order valence-electron chi connectivity index (χ3n) is 3.19. The quantitative estimate of drug-likeness (QED) is 0.764. The van der Waals surface area contributed by atoms with Gasteiger partial charge in [-0.3, -0.25) is 4.57 Å². The van der Waals surface area contributed by atoms with Crippen molar-refractivity contribution in [1.29, 1.82) is 0 Å². The maximum absolute atomic E-state index is 13.4. The van der Waals surface area contributed by atoms with E-state index in [9.17, 15) is 4.39 Å². The average Bonchev–Trinajstić information content (AvgIpc) is 2.82. The van der Waals surface area contributed by atoms with Crippen molar-refractivity contribution in [2.24, 2.45) is 5.73 Å². The molecule has 96 valence electrons. The Kier molecular flexibility index (Phi) is 2.80. The van der Waals surface area contributed by atoms with Gasteiger partial charge in [0.25, 0.3) is 0 Å². The second-order valence-corrected chi connectivity index (χ2v) is 4.60. The monoisotopic (exact) mass is 255 g/mol. The minimum atomic E-state index is -0.277. The minimum absolute atomic E-state index is 0.244. The molecule has 2 aromatic carbocycles. The standard InChI is InChI=1S/C15H14FN3/c1-10(17)12-8-11(16)6-7-14(12)19-9-18-13-4-2-3-5-15(13)19/h2-10H,17H2,1H3. The zero-order valence-electron chi connectivity index (χ0n) is 10.5. The van der Waals surface area contributed by atoms with Crippen molar-refractivity contribution in [2.75, 3.05) is 0 Å². The predicted molar refractivity (Wildman–Crippen MR) is 73.6 cm³/mol. The van der Waals surface area contributed by atoms with Crippen LogP contribution >= 0.6 is 0 Å². The molecular formula is C15H14FN3. The molecule has 0 saturated carbocycles. The summed E-state index contributed by atoms with van der Waals surface area (Å²) < 4.78 is 15.3. The number of fused-ring (bicyclic) bond motifs is 1. The third-order valence-corrected chi connectivity index (χ3v) is 3.19. The zero-order chi connectivity index (χ0) is 13.4.